The van der Waals surface area contributed by atoms with Crippen LogP contribution >= 0.6 is 23.4 Å². The van der Waals surface area contributed by atoms with Crippen LogP contribution in [0.15, 0.2) is 82.7 Å². The molecule has 0 bridgehead atoms. The Kier molecular flexibility index (Phi) is 7.17. The maximum absolute atomic E-state index is 13.4. The second kappa shape index (κ2) is 10.2. The van der Waals surface area contributed by atoms with E-state index in [0.717, 1.165) is 27.6 Å². The average Bonchev–Trinajstić information content (AvgIpc) is 3.22. The summed E-state index contributed by atoms with van der Waals surface area (Å²) < 4.78 is 25.6. The van der Waals surface area contributed by atoms with Crippen molar-refractivity contribution in [2.45, 2.75) is 29.3 Å². The van der Waals surface area contributed by atoms with E-state index in [0.29, 0.717) is 30.4 Å². The van der Waals surface area contributed by atoms with E-state index < -0.39 is 0 Å². The van der Waals surface area contributed by atoms with Crippen LogP contribution < -0.4 is 10.1 Å². The van der Waals surface area contributed by atoms with Gasteiger partial charge in [0, 0.05) is 30.9 Å². The highest BCUT2D eigenvalue weighted by Gasteiger charge is 2.34. The Morgan fingerprint density at radius 1 is 1.25 bits per heavy atom. The predicted molar refractivity (Wildman–Crippen MR) is 128 cm³/mol. The van der Waals surface area contributed by atoms with E-state index in [1.807, 2.05) is 37.4 Å². The van der Waals surface area contributed by atoms with Gasteiger partial charge in [-0.25, -0.2) is 14.4 Å². The van der Waals surface area contributed by atoms with Crippen LogP contribution in [0.25, 0.3) is 5.70 Å². The van der Waals surface area contributed by atoms with E-state index in [4.69, 9.17) is 26.1 Å². The average molecular weight is 472 g/mol. The molecule has 0 saturated heterocycles. The summed E-state index contributed by atoms with van der Waals surface area (Å²) in [6, 6.07) is 11.1. The van der Waals surface area contributed by atoms with Gasteiger partial charge < -0.3 is 14.8 Å². The number of benzene rings is 1. The van der Waals surface area contributed by atoms with Gasteiger partial charge in [0.15, 0.2) is 5.44 Å². The van der Waals surface area contributed by atoms with Crippen molar-refractivity contribution >= 4 is 35.0 Å². The number of hydrogen-bond donors (Lipinski definition) is 1. The number of thioether (sulfide) groups is 1. The van der Waals surface area contributed by atoms with Crippen molar-refractivity contribution < 1.29 is 13.9 Å². The van der Waals surface area contributed by atoms with Gasteiger partial charge in [0.2, 0.25) is 5.90 Å². The second-order valence-corrected chi connectivity index (χ2v) is 8.84. The number of aliphatic imine (C=N–C) groups is 1. The van der Waals surface area contributed by atoms with Crippen LogP contribution in [0.1, 0.15) is 18.4 Å². The van der Waals surface area contributed by atoms with Crippen molar-refractivity contribution in [3.8, 4) is 5.75 Å². The molecule has 166 valence electrons. The fraction of sp³-hybridized carbons (Fsp3) is 0.250. The van der Waals surface area contributed by atoms with Crippen molar-refractivity contribution in [2.75, 3.05) is 13.7 Å². The van der Waals surface area contributed by atoms with Gasteiger partial charge >= 0.3 is 0 Å². The zero-order chi connectivity index (χ0) is 22.5. The summed E-state index contributed by atoms with van der Waals surface area (Å²) >= 11 is 7.41. The third kappa shape index (κ3) is 5.53. The molecule has 0 fully saturated rings. The quantitative estimate of drug-likeness (QED) is 0.527. The van der Waals surface area contributed by atoms with Crippen LogP contribution in [-0.2, 0) is 4.74 Å². The Hall–Kier alpha value is -2.77. The topological polar surface area (TPSA) is 55.7 Å². The SMILES string of the molecule is C=C(NC)c1ccc(OCC2N=C(C3=CC=C(F)CC3)OC2Sc2ccc(Cl)cn2)cc1. The Morgan fingerprint density at radius 2 is 2.06 bits per heavy atom. The molecular weight excluding hydrogens is 449 g/mol. The lowest BCUT2D eigenvalue weighted by Crippen LogP contribution is -2.25. The first kappa shape index (κ1) is 22.4. The van der Waals surface area contributed by atoms with Gasteiger partial charge in [-0.05, 0) is 54.5 Å². The first-order chi connectivity index (χ1) is 15.5. The molecule has 5 nitrogen and oxygen atoms in total. The summed E-state index contributed by atoms with van der Waals surface area (Å²) in [6.07, 6.45) is 5.72. The maximum atomic E-state index is 13.4. The Labute approximate surface area is 196 Å². The molecule has 2 heterocycles. The summed E-state index contributed by atoms with van der Waals surface area (Å²) in [4.78, 5) is 9.10. The number of hydrogen-bond acceptors (Lipinski definition) is 6. The molecule has 2 aromatic rings. The standard InChI is InChI=1S/C24H23ClFN3O2S/c1-15(27-2)16-5-10-20(11-6-16)30-14-21-24(32-22-12-7-18(25)13-28-22)31-23(29-21)17-3-8-19(26)9-4-17/h3,5-8,10-13,21,24,27H,1,4,9,14H2,2H3. The number of aromatic nitrogens is 1. The van der Waals surface area contributed by atoms with E-state index in [2.05, 4.69) is 16.9 Å². The van der Waals surface area contributed by atoms with Gasteiger partial charge in [0.25, 0.3) is 0 Å². The summed E-state index contributed by atoms with van der Waals surface area (Å²) in [5, 5.41) is 4.38. The molecule has 0 saturated carbocycles. The second-order valence-electron chi connectivity index (χ2n) is 7.29. The zero-order valence-electron chi connectivity index (χ0n) is 17.6. The minimum atomic E-state index is -0.321. The van der Waals surface area contributed by atoms with E-state index in [1.54, 1.807) is 18.3 Å². The number of pyridine rings is 1. The summed E-state index contributed by atoms with van der Waals surface area (Å²) in [6.45, 7) is 4.29. The highest BCUT2D eigenvalue weighted by molar-refractivity contribution is 7.99. The summed E-state index contributed by atoms with van der Waals surface area (Å²) in [7, 11) is 1.84. The monoisotopic (exact) mass is 471 g/mol. The first-order valence-electron chi connectivity index (χ1n) is 10.2. The fourth-order valence-electron chi connectivity index (χ4n) is 3.23. The van der Waals surface area contributed by atoms with Crippen LogP contribution in [0.3, 0.4) is 0 Å². The van der Waals surface area contributed by atoms with Crippen LogP contribution in [0.4, 0.5) is 4.39 Å². The van der Waals surface area contributed by atoms with E-state index in [-0.39, 0.29) is 17.3 Å². The van der Waals surface area contributed by atoms with Crippen LogP contribution in [0.2, 0.25) is 5.02 Å². The number of nitrogens with one attached hydrogen (secondary N) is 1. The lowest BCUT2D eigenvalue weighted by atomic mass is 10.0. The van der Waals surface area contributed by atoms with Crippen molar-refractivity contribution in [3.05, 3.63) is 83.3 Å². The van der Waals surface area contributed by atoms with E-state index >= 15 is 0 Å². The summed E-state index contributed by atoms with van der Waals surface area (Å²) in [5.74, 6) is 1.14. The smallest absolute Gasteiger partial charge is 0.213 e. The molecule has 1 N–H and O–H groups in total. The minimum absolute atomic E-state index is 0.132. The van der Waals surface area contributed by atoms with Crippen molar-refractivity contribution in [1.29, 1.82) is 0 Å². The van der Waals surface area contributed by atoms with Crippen LogP contribution in [0.5, 0.6) is 5.75 Å². The highest BCUT2D eigenvalue weighted by atomic mass is 35.5. The van der Waals surface area contributed by atoms with E-state index in [1.165, 1.54) is 17.8 Å². The normalized spacial score (nSPS) is 20.0. The molecule has 4 rings (SSSR count). The molecule has 2 aliphatic rings. The molecule has 2 unspecified atom stereocenters. The molecule has 1 aliphatic carbocycles. The molecule has 0 radical (unpaired) electrons. The predicted octanol–water partition coefficient (Wildman–Crippen LogP) is 5.79. The molecule has 2 atom stereocenters. The van der Waals surface area contributed by atoms with Gasteiger partial charge in [0.05, 0.1) is 10.0 Å². The molecule has 8 heteroatoms. The number of halogens is 2. The summed E-state index contributed by atoms with van der Waals surface area (Å²) in [5.41, 5.74) is 2.40. The Morgan fingerprint density at radius 3 is 2.72 bits per heavy atom. The number of nitrogens with zero attached hydrogens (tertiary/aromatic N) is 2. The van der Waals surface area contributed by atoms with Gasteiger partial charge in [-0.2, -0.15) is 0 Å². The highest BCUT2D eigenvalue weighted by Crippen LogP contribution is 2.34. The Bertz CT molecular complexity index is 1070. The fourth-order valence-corrected chi connectivity index (χ4v) is 4.27. The minimum Gasteiger partial charge on any atom is -0.491 e. The van der Waals surface area contributed by atoms with Crippen molar-refractivity contribution in [1.82, 2.24) is 10.3 Å². The first-order valence-corrected chi connectivity index (χ1v) is 11.5. The maximum Gasteiger partial charge on any atom is 0.213 e. The lowest BCUT2D eigenvalue weighted by Gasteiger charge is -2.18. The largest absolute Gasteiger partial charge is 0.491 e. The van der Waals surface area contributed by atoms with Gasteiger partial charge in [0.1, 0.15) is 24.2 Å². The van der Waals surface area contributed by atoms with Crippen molar-refractivity contribution in [3.63, 3.8) is 0 Å². The molecular formula is C24H23ClFN3O2S. The van der Waals surface area contributed by atoms with Crippen LogP contribution in [-0.4, -0.2) is 36.0 Å². The van der Waals surface area contributed by atoms with Gasteiger partial charge in [-0.15, -0.1) is 0 Å². The number of ether oxygens (including phenoxy) is 2. The third-order valence-corrected chi connectivity index (χ3v) is 6.41. The lowest BCUT2D eigenvalue weighted by molar-refractivity contribution is 0.221. The van der Waals surface area contributed by atoms with Gasteiger partial charge in [-0.1, -0.05) is 36.0 Å². The zero-order valence-corrected chi connectivity index (χ0v) is 19.1. The molecule has 0 spiro atoms. The van der Waals surface area contributed by atoms with Gasteiger partial charge in [-0.3, -0.25) is 0 Å². The molecule has 0 amide bonds. The number of allylic oxidation sites excluding steroid dienone is 3. The van der Waals surface area contributed by atoms with Crippen molar-refractivity contribution in [2.24, 2.45) is 4.99 Å². The Balaban J connectivity index is 1.48. The molecule has 1 aromatic heterocycles. The van der Waals surface area contributed by atoms with E-state index in [9.17, 15) is 4.39 Å². The molecule has 1 aromatic carbocycles. The molecule has 1 aliphatic heterocycles. The van der Waals surface area contributed by atoms with Crippen LogP contribution in [0, 0.1) is 0 Å². The number of rotatable bonds is 8. The molecule has 32 heavy (non-hydrogen) atoms. The third-order valence-electron chi connectivity index (χ3n) is 5.06.